The first-order valence-corrected chi connectivity index (χ1v) is 7.39. The van der Waals surface area contributed by atoms with E-state index in [1.54, 1.807) is 30.0 Å². The van der Waals surface area contributed by atoms with Gasteiger partial charge < -0.3 is 10.2 Å². The van der Waals surface area contributed by atoms with Crippen molar-refractivity contribution in [3.05, 3.63) is 28.8 Å². The highest BCUT2D eigenvalue weighted by molar-refractivity contribution is 7.80. The Hall–Kier alpha value is -1.20. The summed E-state index contributed by atoms with van der Waals surface area (Å²) >= 11 is 10.2. The van der Waals surface area contributed by atoms with Gasteiger partial charge in [-0.3, -0.25) is 9.59 Å². The van der Waals surface area contributed by atoms with E-state index in [1.807, 2.05) is 0 Å². The molecule has 1 atom stereocenters. The van der Waals surface area contributed by atoms with Crippen molar-refractivity contribution >= 4 is 36.0 Å². The average Bonchev–Trinajstić information content (AvgIpc) is 2.94. The summed E-state index contributed by atoms with van der Waals surface area (Å²) in [4.78, 5) is 26.7. The van der Waals surface area contributed by atoms with Crippen LogP contribution < -0.4 is 5.32 Å². The largest absolute Gasteiger partial charge is 0.341 e. The van der Waals surface area contributed by atoms with E-state index < -0.39 is 6.04 Å². The molecule has 0 saturated carbocycles. The third-order valence-electron chi connectivity index (χ3n) is 3.33. The van der Waals surface area contributed by atoms with Gasteiger partial charge in [0.15, 0.2) is 0 Å². The van der Waals surface area contributed by atoms with Crippen LogP contribution in [0.2, 0.25) is 5.02 Å². The number of halogens is 1. The molecule has 0 aliphatic carbocycles. The minimum atomic E-state index is -0.555. The number of carbonyl (C=O) groups is 2. The third kappa shape index (κ3) is 3.46. The van der Waals surface area contributed by atoms with E-state index in [1.165, 1.54) is 0 Å². The van der Waals surface area contributed by atoms with Gasteiger partial charge in [-0.15, -0.1) is 12.6 Å². The van der Waals surface area contributed by atoms with Gasteiger partial charge in [-0.05, 0) is 38.0 Å². The summed E-state index contributed by atoms with van der Waals surface area (Å²) in [5.74, 6) is -0.403. The number of hydrogen-bond acceptors (Lipinski definition) is 3. The highest BCUT2D eigenvalue weighted by Crippen LogP contribution is 2.19. The first-order valence-electron chi connectivity index (χ1n) is 6.57. The molecular formula is C14H17ClN2O2S. The summed E-state index contributed by atoms with van der Waals surface area (Å²) < 4.78 is 0. The molecule has 0 aromatic heterocycles. The number of carbonyl (C=O) groups excluding carboxylic acids is 2. The fourth-order valence-electron chi connectivity index (χ4n) is 2.23. The molecular weight excluding hydrogens is 296 g/mol. The topological polar surface area (TPSA) is 49.4 Å². The fourth-order valence-corrected chi connectivity index (χ4v) is 2.64. The molecule has 2 rings (SSSR count). The molecule has 1 saturated heterocycles. The monoisotopic (exact) mass is 312 g/mol. The standard InChI is InChI=1S/C14H17ClN2O2S/c1-9(14(19)17-6-2-3-7-17)16-13(18)11-8-10(20)4-5-12(11)15/h4-5,8-9,20H,2-3,6-7H2,1H3,(H,16,18). The SMILES string of the molecule is CC(NC(=O)c1cc(S)ccc1Cl)C(=O)N1CCCC1. The van der Waals surface area contributed by atoms with Crippen LogP contribution >= 0.6 is 24.2 Å². The van der Waals surface area contributed by atoms with Crippen molar-refractivity contribution in [2.45, 2.75) is 30.7 Å². The lowest BCUT2D eigenvalue weighted by Gasteiger charge is -2.21. The maximum absolute atomic E-state index is 12.1. The molecule has 1 aromatic rings. The van der Waals surface area contributed by atoms with Crippen molar-refractivity contribution in [1.82, 2.24) is 10.2 Å². The van der Waals surface area contributed by atoms with E-state index in [2.05, 4.69) is 17.9 Å². The zero-order chi connectivity index (χ0) is 14.7. The number of thiol groups is 1. The van der Waals surface area contributed by atoms with Crippen LogP contribution in [0, 0.1) is 0 Å². The van der Waals surface area contributed by atoms with Gasteiger partial charge in [0.2, 0.25) is 5.91 Å². The van der Waals surface area contributed by atoms with E-state index in [0.717, 1.165) is 25.9 Å². The van der Waals surface area contributed by atoms with Gasteiger partial charge in [-0.2, -0.15) is 0 Å². The van der Waals surface area contributed by atoms with Crippen molar-refractivity contribution in [2.24, 2.45) is 0 Å². The van der Waals surface area contributed by atoms with E-state index in [4.69, 9.17) is 11.6 Å². The van der Waals surface area contributed by atoms with Crippen LogP contribution in [0.25, 0.3) is 0 Å². The molecule has 4 nitrogen and oxygen atoms in total. The molecule has 0 radical (unpaired) electrons. The molecule has 1 aromatic carbocycles. The second-order valence-electron chi connectivity index (χ2n) is 4.89. The molecule has 2 amide bonds. The van der Waals surface area contributed by atoms with E-state index in [0.29, 0.717) is 15.5 Å². The summed E-state index contributed by atoms with van der Waals surface area (Å²) in [7, 11) is 0. The molecule has 1 fully saturated rings. The van der Waals surface area contributed by atoms with Crippen molar-refractivity contribution < 1.29 is 9.59 Å². The van der Waals surface area contributed by atoms with Crippen LogP contribution in [0.4, 0.5) is 0 Å². The van der Waals surface area contributed by atoms with Crippen molar-refractivity contribution in [3.8, 4) is 0 Å². The average molecular weight is 313 g/mol. The number of likely N-dealkylation sites (tertiary alicyclic amines) is 1. The van der Waals surface area contributed by atoms with Crippen LogP contribution in [0.1, 0.15) is 30.1 Å². The number of rotatable bonds is 3. The number of hydrogen-bond donors (Lipinski definition) is 2. The number of nitrogens with zero attached hydrogens (tertiary/aromatic N) is 1. The Morgan fingerprint density at radius 2 is 2.00 bits per heavy atom. The predicted octanol–water partition coefficient (Wildman–Crippen LogP) is 2.37. The third-order valence-corrected chi connectivity index (χ3v) is 3.94. The van der Waals surface area contributed by atoms with Gasteiger partial charge >= 0.3 is 0 Å². The summed E-state index contributed by atoms with van der Waals surface area (Å²) in [6.45, 7) is 3.23. The Morgan fingerprint density at radius 1 is 1.35 bits per heavy atom. The lowest BCUT2D eigenvalue weighted by molar-refractivity contribution is -0.131. The van der Waals surface area contributed by atoms with Crippen LogP contribution in [-0.2, 0) is 4.79 Å². The predicted molar refractivity (Wildman–Crippen MR) is 81.4 cm³/mol. The zero-order valence-electron chi connectivity index (χ0n) is 11.2. The van der Waals surface area contributed by atoms with Crippen molar-refractivity contribution in [3.63, 3.8) is 0 Å². The Bertz CT molecular complexity index is 530. The Labute approximate surface area is 128 Å². The van der Waals surface area contributed by atoms with Gasteiger partial charge in [0, 0.05) is 18.0 Å². The van der Waals surface area contributed by atoms with Gasteiger partial charge in [0.05, 0.1) is 10.6 Å². The summed E-state index contributed by atoms with van der Waals surface area (Å²) in [6, 6.07) is 4.36. The van der Waals surface area contributed by atoms with E-state index in [9.17, 15) is 9.59 Å². The van der Waals surface area contributed by atoms with Crippen molar-refractivity contribution in [2.75, 3.05) is 13.1 Å². The highest BCUT2D eigenvalue weighted by atomic mass is 35.5. The molecule has 0 spiro atoms. The maximum Gasteiger partial charge on any atom is 0.253 e. The van der Waals surface area contributed by atoms with Gasteiger partial charge in [0.25, 0.3) is 5.91 Å². The van der Waals surface area contributed by atoms with Gasteiger partial charge in [-0.25, -0.2) is 0 Å². The zero-order valence-corrected chi connectivity index (χ0v) is 12.9. The second-order valence-corrected chi connectivity index (χ2v) is 5.82. The molecule has 1 aliphatic heterocycles. The minimum absolute atomic E-state index is 0.0472. The Kier molecular flexibility index (Phi) is 4.94. The van der Waals surface area contributed by atoms with Gasteiger partial charge in [-0.1, -0.05) is 11.6 Å². The Balaban J connectivity index is 2.03. The number of nitrogens with one attached hydrogen (secondary N) is 1. The molecule has 0 bridgehead atoms. The first-order chi connectivity index (χ1) is 9.49. The summed E-state index contributed by atoms with van der Waals surface area (Å²) in [5.41, 5.74) is 0.334. The van der Waals surface area contributed by atoms with Crippen molar-refractivity contribution in [1.29, 1.82) is 0 Å². The van der Waals surface area contributed by atoms with Crippen LogP contribution in [0.3, 0.4) is 0 Å². The molecule has 1 unspecified atom stereocenters. The normalized spacial score (nSPS) is 16.1. The lowest BCUT2D eigenvalue weighted by Crippen LogP contribution is -2.46. The molecule has 20 heavy (non-hydrogen) atoms. The lowest BCUT2D eigenvalue weighted by atomic mass is 10.2. The smallest absolute Gasteiger partial charge is 0.253 e. The minimum Gasteiger partial charge on any atom is -0.341 e. The Morgan fingerprint density at radius 3 is 2.65 bits per heavy atom. The molecule has 1 N–H and O–H groups in total. The second kappa shape index (κ2) is 6.50. The van der Waals surface area contributed by atoms with E-state index >= 15 is 0 Å². The summed E-state index contributed by atoms with van der Waals surface area (Å²) in [5, 5.41) is 3.04. The number of amides is 2. The molecule has 1 heterocycles. The maximum atomic E-state index is 12.1. The van der Waals surface area contributed by atoms with Crippen LogP contribution in [-0.4, -0.2) is 35.8 Å². The highest BCUT2D eigenvalue weighted by Gasteiger charge is 2.25. The van der Waals surface area contributed by atoms with E-state index in [-0.39, 0.29) is 11.8 Å². The first kappa shape index (κ1) is 15.2. The molecule has 108 valence electrons. The summed E-state index contributed by atoms with van der Waals surface area (Å²) in [6.07, 6.45) is 2.06. The quantitative estimate of drug-likeness (QED) is 0.842. The molecule has 6 heteroatoms. The number of benzene rings is 1. The fraction of sp³-hybridized carbons (Fsp3) is 0.429. The van der Waals surface area contributed by atoms with Crippen LogP contribution in [0.5, 0.6) is 0 Å². The molecule has 1 aliphatic rings. The van der Waals surface area contributed by atoms with Crippen LogP contribution in [0.15, 0.2) is 23.1 Å². The van der Waals surface area contributed by atoms with Gasteiger partial charge in [0.1, 0.15) is 6.04 Å².